The minimum atomic E-state index is 0.927. The van der Waals surface area contributed by atoms with Gasteiger partial charge in [0, 0.05) is 55.8 Å². The van der Waals surface area contributed by atoms with Gasteiger partial charge in [0.25, 0.3) is 0 Å². The summed E-state index contributed by atoms with van der Waals surface area (Å²) in [6, 6.07) is 2.21. The zero-order valence-corrected chi connectivity index (χ0v) is 9.27. The number of aromatic nitrogens is 3. The van der Waals surface area contributed by atoms with Gasteiger partial charge < -0.3 is 5.32 Å². The third-order valence-corrected chi connectivity index (χ3v) is 2.95. The molecule has 1 aliphatic rings. The van der Waals surface area contributed by atoms with E-state index in [1.54, 1.807) is 0 Å². The van der Waals surface area contributed by atoms with Gasteiger partial charge in [-0.2, -0.15) is 5.10 Å². The van der Waals surface area contributed by atoms with E-state index < -0.39 is 0 Å². The van der Waals surface area contributed by atoms with Gasteiger partial charge >= 0.3 is 0 Å². The highest BCUT2D eigenvalue weighted by molar-refractivity contribution is 5.61. The van der Waals surface area contributed by atoms with E-state index in [2.05, 4.69) is 21.5 Å². The molecule has 0 saturated heterocycles. The molecule has 2 aromatic heterocycles. The zero-order chi connectivity index (χ0) is 11.0. The van der Waals surface area contributed by atoms with Crippen molar-refractivity contribution >= 4 is 0 Å². The number of hydrogen-bond acceptors (Lipinski definition) is 3. The maximum Gasteiger partial charge on any atom is 0.0568 e. The summed E-state index contributed by atoms with van der Waals surface area (Å²) in [5.41, 5.74) is 4.82. The van der Waals surface area contributed by atoms with Crippen LogP contribution in [0.15, 0.2) is 24.7 Å². The van der Waals surface area contributed by atoms with Gasteiger partial charge in [0.15, 0.2) is 0 Å². The van der Waals surface area contributed by atoms with Crippen LogP contribution < -0.4 is 5.32 Å². The second kappa shape index (κ2) is 3.72. The second-order valence-corrected chi connectivity index (χ2v) is 4.16. The molecule has 0 bridgehead atoms. The number of fused-ring (bicyclic) bond motifs is 1. The first-order valence-electron chi connectivity index (χ1n) is 5.50. The van der Waals surface area contributed by atoms with Crippen molar-refractivity contribution in [2.75, 3.05) is 6.54 Å². The molecule has 0 spiro atoms. The summed E-state index contributed by atoms with van der Waals surface area (Å²) in [7, 11) is 1.93. The molecule has 1 N–H and O–H groups in total. The van der Waals surface area contributed by atoms with Gasteiger partial charge in [-0.05, 0) is 11.6 Å². The fraction of sp³-hybridized carbons (Fsp3) is 0.333. The average molecular weight is 214 g/mol. The first-order chi connectivity index (χ1) is 7.83. The van der Waals surface area contributed by atoms with Crippen LogP contribution in [0.2, 0.25) is 0 Å². The Morgan fingerprint density at radius 2 is 2.25 bits per heavy atom. The Kier molecular flexibility index (Phi) is 2.22. The third-order valence-electron chi connectivity index (χ3n) is 2.95. The highest BCUT2D eigenvalue weighted by Crippen LogP contribution is 2.21. The second-order valence-electron chi connectivity index (χ2n) is 4.16. The van der Waals surface area contributed by atoms with Crippen LogP contribution >= 0.6 is 0 Å². The van der Waals surface area contributed by atoms with Gasteiger partial charge in [0.05, 0.1) is 6.20 Å². The lowest BCUT2D eigenvalue weighted by Gasteiger charge is -2.16. The normalized spacial score (nSPS) is 14.8. The molecule has 0 unspecified atom stereocenters. The molecule has 0 saturated carbocycles. The van der Waals surface area contributed by atoms with Gasteiger partial charge in [0.1, 0.15) is 0 Å². The molecule has 3 heterocycles. The monoisotopic (exact) mass is 214 g/mol. The number of rotatable bonds is 1. The van der Waals surface area contributed by atoms with Crippen molar-refractivity contribution in [3.8, 4) is 11.1 Å². The van der Waals surface area contributed by atoms with Gasteiger partial charge in [-0.3, -0.25) is 9.67 Å². The molecule has 0 radical (unpaired) electrons. The van der Waals surface area contributed by atoms with Gasteiger partial charge in [-0.25, -0.2) is 0 Å². The molecular formula is C12H14N4. The van der Waals surface area contributed by atoms with E-state index in [0.29, 0.717) is 0 Å². The lowest BCUT2D eigenvalue weighted by Crippen LogP contribution is -2.24. The van der Waals surface area contributed by atoms with Crippen molar-refractivity contribution in [3.05, 3.63) is 35.9 Å². The van der Waals surface area contributed by atoms with E-state index in [4.69, 9.17) is 0 Å². The summed E-state index contributed by atoms with van der Waals surface area (Å²) >= 11 is 0. The van der Waals surface area contributed by atoms with E-state index in [9.17, 15) is 0 Å². The van der Waals surface area contributed by atoms with Gasteiger partial charge in [-0.1, -0.05) is 0 Å². The fourth-order valence-electron chi connectivity index (χ4n) is 2.07. The number of pyridine rings is 1. The topological polar surface area (TPSA) is 42.7 Å². The Hall–Kier alpha value is -1.68. The van der Waals surface area contributed by atoms with Crippen LogP contribution in [0.4, 0.5) is 0 Å². The first-order valence-corrected chi connectivity index (χ1v) is 5.50. The first kappa shape index (κ1) is 9.54. The number of nitrogens with zero attached hydrogens (tertiary/aromatic N) is 3. The van der Waals surface area contributed by atoms with Gasteiger partial charge in [-0.15, -0.1) is 0 Å². The molecule has 4 nitrogen and oxygen atoms in total. The van der Waals surface area contributed by atoms with E-state index >= 15 is 0 Å². The van der Waals surface area contributed by atoms with Crippen molar-refractivity contribution in [1.82, 2.24) is 20.1 Å². The SMILES string of the molecule is Cn1cc(-c2cnc3c(c2)CNCC3)cn1. The van der Waals surface area contributed by atoms with Crippen LogP contribution in [0.1, 0.15) is 11.3 Å². The van der Waals surface area contributed by atoms with E-state index in [0.717, 1.165) is 30.6 Å². The maximum atomic E-state index is 4.53. The molecule has 82 valence electrons. The predicted molar refractivity (Wildman–Crippen MR) is 61.8 cm³/mol. The van der Waals surface area contributed by atoms with Crippen molar-refractivity contribution in [2.24, 2.45) is 7.05 Å². The Balaban J connectivity index is 2.02. The van der Waals surface area contributed by atoms with Crippen LogP contribution in [0, 0.1) is 0 Å². The minimum Gasteiger partial charge on any atom is -0.312 e. The van der Waals surface area contributed by atoms with Crippen molar-refractivity contribution < 1.29 is 0 Å². The molecule has 0 amide bonds. The highest BCUT2D eigenvalue weighted by Gasteiger charge is 2.11. The summed E-state index contributed by atoms with van der Waals surface area (Å²) < 4.78 is 1.81. The summed E-state index contributed by atoms with van der Waals surface area (Å²) in [5, 5.41) is 7.54. The van der Waals surface area contributed by atoms with Crippen LogP contribution in [-0.4, -0.2) is 21.3 Å². The minimum absolute atomic E-state index is 0.927. The van der Waals surface area contributed by atoms with Crippen molar-refractivity contribution in [3.63, 3.8) is 0 Å². The molecule has 1 aliphatic heterocycles. The summed E-state index contributed by atoms with van der Waals surface area (Å²) in [4.78, 5) is 4.53. The third kappa shape index (κ3) is 1.61. The van der Waals surface area contributed by atoms with Crippen molar-refractivity contribution in [2.45, 2.75) is 13.0 Å². The van der Waals surface area contributed by atoms with E-state index in [1.165, 1.54) is 11.3 Å². The van der Waals surface area contributed by atoms with Crippen LogP contribution in [0.25, 0.3) is 11.1 Å². The Labute approximate surface area is 94.3 Å². The van der Waals surface area contributed by atoms with Crippen molar-refractivity contribution in [1.29, 1.82) is 0 Å². The van der Waals surface area contributed by atoms with E-state index in [-0.39, 0.29) is 0 Å². The zero-order valence-electron chi connectivity index (χ0n) is 9.27. The maximum absolute atomic E-state index is 4.53. The number of aryl methyl sites for hydroxylation is 1. The molecule has 0 atom stereocenters. The quantitative estimate of drug-likeness (QED) is 0.773. The molecule has 4 heteroatoms. The molecule has 16 heavy (non-hydrogen) atoms. The van der Waals surface area contributed by atoms with Gasteiger partial charge in [0.2, 0.25) is 0 Å². The molecule has 0 fully saturated rings. The Bertz CT molecular complexity index is 515. The molecule has 0 aromatic carbocycles. The molecular weight excluding hydrogens is 200 g/mol. The Morgan fingerprint density at radius 3 is 3.06 bits per heavy atom. The standard InChI is InChI=1S/C12H14N4/c1-16-8-11(7-15-16)9-4-10-5-13-3-2-12(10)14-6-9/h4,6-8,13H,2-3,5H2,1H3. The number of nitrogens with one attached hydrogen (secondary N) is 1. The lowest BCUT2D eigenvalue weighted by atomic mass is 10.0. The highest BCUT2D eigenvalue weighted by atomic mass is 15.2. The molecule has 2 aromatic rings. The molecule has 3 rings (SSSR count). The Morgan fingerprint density at radius 1 is 1.31 bits per heavy atom. The summed E-state index contributed by atoms with van der Waals surface area (Å²) in [6.45, 7) is 1.96. The lowest BCUT2D eigenvalue weighted by molar-refractivity contribution is 0.630. The van der Waals surface area contributed by atoms with Crippen LogP contribution in [0.5, 0.6) is 0 Å². The van der Waals surface area contributed by atoms with Crippen LogP contribution in [-0.2, 0) is 20.0 Å². The fourth-order valence-corrected chi connectivity index (χ4v) is 2.07. The number of hydrogen-bond donors (Lipinski definition) is 1. The largest absolute Gasteiger partial charge is 0.312 e. The summed E-state index contributed by atoms with van der Waals surface area (Å²) in [5.74, 6) is 0. The predicted octanol–water partition coefficient (Wildman–Crippen LogP) is 1.13. The smallest absolute Gasteiger partial charge is 0.0568 e. The summed E-state index contributed by atoms with van der Waals surface area (Å²) in [6.07, 6.45) is 6.86. The van der Waals surface area contributed by atoms with Crippen LogP contribution in [0.3, 0.4) is 0 Å². The molecule has 0 aliphatic carbocycles. The van der Waals surface area contributed by atoms with E-state index in [1.807, 2.05) is 30.3 Å². The average Bonchev–Trinajstić information content (AvgIpc) is 2.75.